The first-order chi connectivity index (χ1) is 4.83. The van der Waals surface area contributed by atoms with E-state index in [1.165, 1.54) is 32.1 Å². The Labute approximate surface area is 79.4 Å². The maximum Gasteiger partial charge on any atom is 0.499 e. The van der Waals surface area contributed by atoms with Crippen LogP contribution in [0.5, 0.6) is 0 Å². The van der Waals surface area contributed by atoms with Crippen LogP contribution in [-0.2, 0) is 0 Å². The van der Waals surface area contributed by atoms with Crippen molar-refractivity contribution in [3.8, 4) is 0 Å². The monoisotopic (exact) mass is 198 g/mol. The molecule has 10 heavy (non-hydrogen) atoms. The highest BCUT2D eigenvalue weighted by Crippen LogP contribution is 2.00. The van der Waals surface area contributed by atoms with Gasteiger partial charge in [0, 0.05) is 0 Å². The highest BCUT2D eigenvalue weighted by atomic mass is 35.7. The molecule has 0 aliphatic rings. The van der Waals surface area contributed by atoms with Crippen molar-refractivity contribution >= 4 is 33.5 Å². The molecule has 62 valence electrons. The van der Waals surface area contributed by atoms with Crippen molar-refractivity contribution in [2.45, 2.75) is 46.0 Å². The van der Waals surface area contributed by atoms with Crippen LogP contribution in [0.4, 0.5) is 0 Å². The minimum Gasteiger partial charge on any atom is -0.240 e. The number of halogens is 2. The Balaban J connectivity index is 0. The molecule has 0 aromatic heterocycles. The maximum absolute atomic E-state index is 4.90. The topological polar surface area (TPSA) is 0 Å². The molecule has 3 heteroatoms. The van der Waals surface area contributed by atoms with Crippen molar-refractivity contribution in [3.63, 3.8) is 0 Å². The van der Waals surface area contributed by atoms with E-state index in [0.717, 1.165) is 0 Å². The summed E-state index contributed by atoms with van der Waals surface area (Å²) in [5.74, 6) is 0. The largest absolute Gasteiger partial charge is 0.499 e. The molecule has 0 aromatic rings. The Morgan fingerprint density at radius 1 is 0.900 bits per heavy atom. The summed E-state index contributed by atoms with van der Waals surface area (Å²) in [6, 6.07) is 0. The first-order valence-electron chi connectivity index (χ1n) is 3.95. The van der Waals surface area contributed by atoms with E-state index in [9.17, 15) is 0 Å². The SMILES string of the molecule is CCCCCCC.[Cl][AlH][Cl]. The second-order valence-corrected chi connectivity index (χ2v) is 4.79. The van der Waals surface area contributed by atoms with E-state index >= 15 is 0 Å². The van der Waals surface area contributed by atoms with E-state index in [2.05, 4.69) is 13.8 Å². The average Bonchev–Trinajstić information content (AvgIpc) is 1.91. The molecule has 0 amide bonds. The molecule has 0 N–H and O–H groups in total. The first kappa shape index (κ1) is 13.7. The minimum absolute atomic E-state index is 0.639. The predicted molar refractivity (Wildman–Crippen MR) is 53.3 cm³/mol. The summed E-state index contributed by atoms with van der Waals surface area (Å²) in [6.45, 7) is 4.49. The van der Waals surface area contributed by atoms with Crippen molar-refractivity contribution < 1.29 is 0 Å². The molecule has 0 bridgehead atoms. The molecule has 0 fully saturated rings. The van der Waals surface area contributed by atoms with Crippen molar-refractivity contribution in [2.24, 2.45) is 0 Å². The lowest BCUT2D eigenvalue weighted by Crippen LogP contribution is -1.70. The van der Waals surface area contributed by atoms with Gasteiger partial charge in [0.15, 0.2) is 0 Å². The molecule has 0 aliphatic carbocycles. The second kappa shape index (κ2) is 16.6. The quantitative estimate of drug-likeness (QED) is 0.478. The lowest BCUT2D eigenvalue weighted by atomic mass is 10.2. The summed E-state index contributed by atoms with van der Waals surface area (Å²) in [6.07, 6.45) is 7.01. The molecule has 0 nitrogen and oxygen atoms in total. The van der Waals surface area contributed by atoms with Gasteiger partial charge in [-0.25, -0.2) is 20.1 Å². The Morgan fingerprint density at radius 3 is 1.40 bits per heavy atom. The van der Waals surface area contributed by atoms with E-state index in [-0.39, 0.29) is 0 Å². The molecule has 0 unspecified atom stereocenters. The van der Waals surface area contributed by atoms with Crippen LogP contribution >= 0.6 is 20.1 Å². The van der Waals surface area contributed by atoms with Gasteiger partial charge >= 0.3 is 13.4 Å². The van der Waals surface area contributed by atoms with Crippen molar-refractivity contribution in [1.29, 1.82) is 0 Å². The highest BCUT2D eigenvalue weighted by molar-refractivity contribution is 7.22. The number of unbranched alkanes of at least 4 members (excludes halogenated alkanes) is 4. The van der Waals surface area contributed by atoms with E-state index in [1.54, 1.807) is 0 Å². The Kier molecular flexibility index (Phi) is 22.7. The van der Waals surface area contributed by atoms with Gasteiger partial charge in [-0.05, 0) is 0 Å². The third-order valence-corrected chi connectivity index (χ3v) is 1.21. The summed E-state index contributed by atoms with van der Waals surface area (Å²) in [7, 11) is 9.81. The molecule has 0 aliphatic heterocycles. The van der Waals surface area contributed by atoms with Gasteiger partial charge in [-0.1, -0.05) is 46.0 Å². The van der Waals surface area contributed by atoms with Crippen LogP contribution in [0.1, 0.15) is 46.0 Å². The van der Waals surface area contributed by atoms with Crippen molar-refractivity contribution in [2.75, 3.05) is 0 Å². The zero-order valence-corrected chi connectivity index (χ0v) is 9.92. The van der Waals surface area contributed by atoms with E-state index < -0.39 is 13.4 Å². The Bertz CT molecular complexity index is 38.6. The normalized spacial score (nSPS) is 8.00. The Hall–Kier alpha value is 1.11. The maximum atomic E-state index is 4.90. The molecule has 0 saturated heterocycles. The van der Waals surface area contributed by atoms with Crippen LogP contribution in [0.3, 0.4) is 0 Å². The summed E-state index contributed by atoms with van der Waals surface area (Å²) >= 11 is -0.639. The van der Waals surface area contributed by atoms with Gasteiger partial charge in [0.05, 0.1) is 0 Å². The lowest BCUT2D eigenvalue weighted by Gasteiger charge is -1.90. The van der Waals surface area contributed by atoms with Gasteiger partial charge in [0.25, 0.3) is 0 Å². The van der Waals surface area contributed by atoms with E-state index in [0.29, 0.717) is 0 Å². The summed E-state index contributed by atoms with van der Waals surface area (Å²) in [5, 5.41) is 0. The van der Waals surface area contributed by atoms with Gasteiger partial charge < -0.3 is 0 Å². The minimum atomic E-state index is -0.639. The summed E-state index contributed by atoms with van der Waals surface area (Å²) < 4.78 is 0. The molecule has 0 saturated carbocycles. The van der Waals surface area contributed by atoms with Gasteiger partial charge in [-0.3, -0.25) is 0 Å². The fraction of sp³-hybridized carbons (Fsp3) is 1.00. The third kappa shape index (κ3) is 22.9. The molecule has 0 radical (unpaired) electrons. The van der Waals surface area contributed by atoms with Crippen LogP contribution in [0.15, 0.2) is 0 Å². The first-order valence-corrected chi connectivity index (χ1v) is 8.22. The van der Waals surface area contributed by atoms with Crippen LogP contribution in [0.2, 0.25) is 0 Å². The van der Waals surface area contributed by atoms with E-state index in [1.807, 2.05) is 0 Å². The number of rotatable bonds is 4. The fourth-order valence-corrected chi connectivity index (χ4v) is 0.677. The van der Waals surface area contributed by atoms with Crippen LogP contribution in [-0.4, -0.2) is 13.4 Å². The second-order valence-electron chi connectivity index (χ2n) is 2.16. The van der Waals surface area contributed by atoms with Crippen molar-refractivity contribution in [3.05, 3.63) is 0 Å². The molecular formula is C7H17AlCl2. The van der Waals surface area contributed by atoms with Gasteiger partial charge in [-0.2, -0.15) is 0 Å². The molecule has 0 rings (SSSR count). The highest BCUT2D eigenvalue weighted by Gasteiger charge is 1.80. The smallest absolute Gasteiger partial charge is 0.240 e. The standard InChI is InChI=1S/C7H16.Al.2ClH.H/c1-3-5-7-6-4-2;;;;/h3-7H2,1-2H3;;2*1H;/q;+2;;;/p-2. The average molecular weight is 199 g/mol. The van der Waals surface area contributed by atoms with Gasteiger partial charge in [0.1, 0.15) is 0 Å². The molecular weight excluding hydrogens is 182 g/mol. The molecule has 0 aromatic carbocycles. The zero-order chi connectivity index (χ0) is 8.24. The van der Waals surface area contributed by atoms with Crippen LogP contribution < -0.4 is 0 Å². The zero-order valence-electron chi connectivity index (χ0n) is 7.00. The molecule has 0 spiro atoms. The third-order valence-electron chi connectivity index (χ3n) is 1.21. The lowest BCUT2D eigenvalue weighted by molar-refractivity contribution is 0.656. The summed E-state index contributed by atoms with van der Waals surface area (Å²) in [5.41, 5.74) is 0. The number of hydrogen-bond acceptors (Lipinski definition) is 0. The predicted octanol–water partition coefficient (Wildman–Crippen LogP) is 3.71. The van der Waals surface area contributed by atoms with Crippen LogP contribution in [0.25, 0.3) is 0 Å². The van der Waals surface area contributed by atoms with Crippen molar-refractivity contribution in [1.82, 2.24) is 0 Å². The van der Waals surface area contributed by atoms with Crippen LogP contribution in [0, 0.1) is 0 Å². The number of hydrogen-bond donors (Lipinski definition) is 0. The molecule has 0 atom stereocenters. The van der Waals surface area contributed by atoms with Gasteiger partial charge in [-0.15, -0.1) is 0 Å². The van der Waals surface area contributed by atoms with Gasteiger partial charge in [0.2, 0.25) is 0 Å². The fourth-order valence-electron chi connectivity index (χ4n) is 0.677. The molecule has 0 heterocycles. The van der Waals surface area contributed by atoms with E-state index in [4.69, 9.17) is 20.1 Å². The summed E-state index contributed by atoms with van der Waals surface area (Å²) in [4.78, 5) is 0. The Morgan fingerprint density at radius 2 is 1.20 bits per heavy atom.